The first kappa shape index (κ1) is 18.3. The van der Waals surface area contributed by atoms with E-state index in [4.69, 9.17) is 0 Å². The van der Waals surface area contributed by atoms with Crippen LogP contribution in [0.3, 0.4) is 0 Å². The summed E-state index contributed by atoms with van der Waals surface area (Å²) in [5.41, 5.74) is 7.22. The summed E-state index contributed by atoms with van der Waals surface area (Å²) in [4.78, 5) is 25.2. The predicted molar refractivity (Wildman–Crippen MR) is 113 cm³/mol. The molecule has 4 rings (SSSR count). The van der Waals surface area contributed by atoms with E-state index in [1.807, 2.05) is 62.4 Å². The molecule has 2 aromatic carbocycles. The van der Waals surface area contributed by atoms with Gasteiger partial charge in [0, 0.05) is 21.5 Å². The largest absolute Gasteiger partial charge is 0.318 e. The standard InChI is InChI=1S/C22H18BrN3O2/c1-14-11-16(15(2)25(14)19-10-6-7-17(23)13-19)12-20-21(27)24-26(22(20)28)18-8-4-3-5-9-18/h3-13H,1-2H3,(H,24,27). The van der Waals surface area contributed by atoms with Gasteiger partial charge in [-0.25, -0.2) is 5.01 Å². The molecule has 28 heavy (non-hydrogen) atoms. The van der Waals surface area contributed by atoms with Crippen LogP contribution in [0.15, 0.2) is 70.7 Å². The molecule has 2 amide bonds. The van der Waals surface area contributed by atoms with Gasteiger partial charge in [-0.2, -0.15) is 0 Å². The van der Waals surface area contributed by atoms with Crippen molar-refractivity contribution >= 4 is 39.5 Å². The van der Waals surface area contributed by atoms with Gasteiger partial charge in [-0.05, 0) is 61.9 Å². The Hall–Kier alpha value is -3.12. The summed E-state index contributed by atoms with van der Waals surface area (Å²) in [5.74, 6) is -0.760. The lowest BCUT2D eigenvalue weighted by atomic mass is 10.1. The summed E-state index contributed by atoms with van der Waals surface area (Å²) in [6, 6.07) is 19.0. The second-order valence-corrected chi connectivity index (χ2v) is 7.53. The number of hydrazine groups is 1. The third-order valence-electron chi connectivity index (χ3n) is 4.74. The Morgan fingerprint density at radius 3 is 2.36 bits per heavy atom. The summed E-state index contributed by atoms with van der Waals surface area (Å²) in [6.45, 7) is 3.98. The van der Waals surface area contributed by atoms with E-state index in [0.29, 0.717) is 5.69 Å². The minimum absolute atomic E-state index is 0.123. The molecule has 140 valence electrons. The van der Waals surface area contributed by atoms with Gasteiger partial charge in [0.1, 0.15) is 5.57 Å². The summed E-state index contributed by atoms with van der Waals surface area (Å²) in [6.07, 6.45) is 1.66. The fourth-order valence-electron chi connectivity index (χ4n) is 3.42. The minimum atomic E-state index is -0.402. The van der Waals surface area contributed by atoms with Crippen molar-refractivity contribution in [3.05, 3.63) is 87.7 Å². The van der Waals surface area contributed by atoms with E-state index >= 15 is 0 Å². The average molecular weight is 436 g/mol. The zero-order valence-electron chi connectivity index (χ0n) is 15.4. The Morgan fingerprint density at radius 1 is 0.929 bits per heavy atom. The maximum atomic E-state index is 12.8. The lowest BCUT2D eigenvalue weighted by Crippen LogP contribution is -2.35. The molecule has 0 spiro atoms. The summed E-state index contributed by atoms with van der Waals surface area (Å²) in [7, 11) is 0. The maximum Gasteiger partial charge on any atom is 0.282 e. The van der Waals surface area contributed by atoms with E-state index in [1.165, 1.54) is 5.01 Å². The number of nitrogens with zero attached hydrogens (tertiary/aromatic N) is 2. The fraction of sp³-hybridized carbons (Fsp3) is 0.0909. The van der Waals surface area contributed by atoms with Crippen LogP contribution in [-0.2, 0) is 9.59 Å². The molecule has 3 aromatic rings. The molecule has 0 radical (unpaired) electrons. The lowest BCUT2D eigenvalue weighted by Gasteiger charge is -2.13. The monoisotopic (exact) mass is 435 g/mol. The number of hydrogen-bond acceptors (Lipinski definition) is 2. The van der Waals surface area contributed by atoms with Crippen LogP contribution < -0.4 is 10.4 Å². The van der Waals surface area contributed by atoms with Gasteiger partial charge < -0.3 is 4.57 Å². The van der Waals surface area contributed by atoms with Crippen molar-refractivity contribution in [1.29, 1.82) is 0 Å². The van der Waals surface area contributed by atoms with E-state index in [9.17, 15) is 9.59 Å². The molecule has 0 unspecified atom stereocenters. The Kier molecular flexibility index (Phi) is 4.65. The molecule has 1 aromatic heterocycles. The maximum absolute atomic E-state index is 12.8. The predicted octanol–water partition coefficient (Wildman–Crippen LogP) is 4.32. The quantitative estimate of drug-likeness (QED) is 0.491. The Bertz CT molecular complexity index is 1120. The number of anilines is 1. The number of hydrogen-bond donors (Lipinski definition) is 1. The molecule has 0 saturated carbocycles. The molecule has 1 aliphatic rings. The average Bonchev–Trinajstić information content (AvgIpc) is 3.12. The molecule has 1 fully saturated rings. The van der Waals surface area contributed by atoms with Gasteiger partial charge in [0.05, 0.1) is 5.69 Å². The summed E-state index contributed by atoms with van der Waals surface area (Å²) >= 11 is 3.50. The second kappa shape index (κ2) is 7.13. The molecule has 6 heteroatoms. The Morgan fingerprint density at radius 2 is 1.64 bits per heavy atom. The number of aryl methyl sites for hydroxylation is 1. The molecule has 0 atom stereocenters. The van der Waals surface area contributed by atoms with Crippen LogP contribution in [0.4, 0.5) is 5.69 Å². The highest BCUT2D eigenvalue weighted by atomic mass is 79.9. The van der Waals surface area contributed by atoms with Crippen LogP contribution >= 0.6 is 15.9 Å². The number of benzene rings is 2. The summed E-state index contributed by atoms with van der Waals surface area (Å²) < 4.78 is 3.09. The third kappa shape index (κ3) is 3.16. The fourth-order valence-corrected chi connectivity index (χ4v) is 3.81. The Balaban J connectivity index is 1.73. The van der Waals surface area contributed by atoms with Crippen LogP contribution in [-0.4, -0.2) is 16.4 Å². The molecule has 2 heterocycles. The number of carbonyl (C=O) groups excluding carboxylic acids is 2. The van der Waals surface area contributed by atoms with E-state index in [2.05, 4.69) is 25.9 Å². The number of carbonyl (C=O) groups is 2. The molecule has 1 saturated heterocycles. The molecular formula is C22H18BrN3O2. The van der Waals surface area contributed by atoms with Crippen molar-refractivity contribution < 1.29 is 9.59 Å². The minimum Gasteiger partial charge on any atom is -0.318 e. The van der Waals surface area contributed by atoms with Gasteiger partial charge in [-0.1, -0.05) is 40.2 Å². The smallest absolute Gasteiger partial charge is 0.282 e. The first-order valence-electron chi connectivity index (χ1n) is 8.83. The van der Waals surface area contributed by atoms with Gasteiger partial charge >= 0.3 is 0 Å². The first-order valence-corrected chi connectivity index (χ1v) is 9.62. The zero-order valence-corrected chi connectivity index (χ0v) is 17.0. The van der Waals surface area contributed by atoms with E-state index < -0.39 is 5.91 Å². The number of aromatic nitrogens is 1. The van der Waals surface area contributed by atoms with E-state index in [-0.39, 0.29) is 11.5 Å². The lowest BCUT2D eigenvalue weighted by molar-refractivity contribution is -0.117. The van der Waals surface area contributed by atoms with Crippen molar-refractivity contribution in [2.45, 2.75) is 13.8 Å². The number of amides is 2. The number of halogens is 1. The molecule has 0 bridgehead atoms. The number of rotatable bonds is 3. The molecular weight excluding hydrogens is 418 g/mol. The van der Waals surface area contributed by atoms with Crippen LogP contribution in [0.5, 0.6) is 0 Å². The van der Waals surface area contributed by atoms with Gasteiger partial charge in [-0.15, -0.1) is 0 Å². The van der Waals surface area contributed by atoms with Crippen molar-refractivity contribution in [2.24, 2.45) is 0 Å². The SMILES string of the molecule is Cc1cc(C=C2C(=O)NN(c3ccccc3)C2=O)c(C)n1-c1cccc(Br)c1. The van der Waals surface area contributed by atoms with Crippen LogP contribution in [0, 0.1) is 13.8 Å². The zero-order chi connectivity index (χ0) is 19.8. The van der Waals surface area contributed by atoms with Crippen molar-refractivity contribution in [3.8, 4) is 5.69 Å². The molecule has 1 N–H and O–H groups in total. The molecule has 5 nitrogen and oxygen atoms in total. The van der Waals surface area contributed by atoms with Crippen molar-refractivity contribution in [1.82, 2.24) is 9.99 Å². The highest BCUT2D eigenvalue weighted by Gasteiger charge is 2.34. The highest BCUT2D eigenvalue weighted by molar-refractivity contribution is 9.10. The van der Waals surface area contributed by atoms with Crippen LogP contribution in [0.25, 0.3) is 11.8 Å². The highest BCUT2D eigenvalue weighted by Crippen LogP contribution is 2.26. The van der Waals surface area contributed by atoms with Gasteiger partial charge in [0.25, 0.3) is 11.8 Å². The number of para-hydroxylation sites is 1. The summed E-state index contributed by atoms with van der Waals surface area (Å²) in [5, 5.41) is 1.28. The Labute approximate surface area is 171 Å². The second-order valence-electron chi connectivity index (χ2n) is 6.62. The third-order valence-corrected chi connectivity index (χ3v) is 5.24. The van der Waals surface area contributed by atoms with Crippen LogP contribution in [0.2, 0.25) is 0 Å². The molecule has 0 aliphatic carbocycles. The normalized spacial score (nSPS) is 15.4. The number of nitrogens with one attached hydrogen (secondary N) is 1. The van der Waals surface area contributed by atoms with Crippen LogP contribution in [0.1, 0.15) is 17.0 Å². The van der Waals surface area contributed by atoms with E-state index in [1.54, 1.807) is 18.2 Å². The van der Waals surface area contributed by atoms with Gasteiger partial charge in [0.2, 0.25) is 0 Å². The van der Waals surface area contributed by atoms with Gasteiger partial charge in [-0.3, -0.25) is 15.0 Å². The first-order chi connectivity index (χ1) is 13.5. The van der Waals surface area contributed by atoms with Gasteiger partial charge in [0.15, 0.2) is 0 Å². The van der Waals surface area contributed by atoms with Crippen molar-refractivity contribution in [2.75, 3.05) is 5.01 Å². The molecule has 1 aliphatic heterocycles. The topological polar surface area (TPSA) is 54.3 Å². The van der Waals surface area contributed by atoms with Crippen molar-refractivity contribution in [3.63, 3.8) is 0 Å². The van der Waals surface area contributed by atoms with E-state index in [0.717, 1.165) is 27.1 Å².